The second-order valence-electron chi connectivity index (χ2n) is 6.60. The molecule has 128 valence electrons. The minimum Gasteiger partial charge on any atom is -0.207 e. The zero-order valence-corrected chi connectivity index (χ0v) is 15.6. The van der Waals surface area contributed by atoms with Gasteiger partial charge in [-0.25, -0.2) is 8.78 Å². The predicted molar refractivity (Wildman–Crippen MR) is 105 cm³/mol. The lowest BCUT2D eigenvalue weighted by molar-refractivity contribution is 0.628. The summed E-state index contributed by atoms with van der Waals surface area (Å²) in [5.41, 5.74) is 1.50. The van der Waals surface area contributed by atoms with Crippen LogP contribution in [0.4, 0.5) is 8.78 Å². The Bertz CT molecular complexity index is 724. The first-order valence-corrected chi connectivity index (χ1v) is 10.3. The third-order valence-corrected chi connectivity index (χ3v) is 9.57. The first-order chi connectivity index (χ1) is 11.9. The molecular weight excluding hydrogens is 333 g/mol. The van der Waals surface area contributed by atoms with E-state index in [0.717, 1.165) is 10.6 Å². The molecule has 0 saturated heterocycles. The van der Waals surface area contributed by atoms with Crippen LogP contribution in [0.15, 0.2) is 72.8 Å². The lowest BCUT2D eigenvalue weighted by Gasteiger charge is -2.31. The van der Waals surface area contributed by atoms with Gasteiger partial charge in [0.05, 0.1) is 5.66 Å². The van der Waals surface area contributed by atoms with Gasteiger partial charge in [0.1, 0.15) is 34.8 Å². The molecule has 0 spiro atoms. The van der Waals surface area contributed by atoms with Crippen molar-refractivity contribution in [2.75, 3.05) is 0 Å². The maximum atomic E-state index is 13.5. The molecule has 3 rings (SSSR count). The fourth-order valence-electron chi connectivity index (χ4n) is 3.47. The fourth-order valence-corrected chi connectivity index (χ4v) is 8.02. The monoisotopic (exact) mass is 355 g/mol. The third-order valence-electron chi connectivity index (χ3n) is 4.68. The summed E-state index contributed by atoms with van der Waals surface area (Å²) in [7, 11) is -2.02. The molecule has 0 fully saturated rings. The van der Waals surface area contributed by atoms with Crippen LogP contribution in [-0.4, -0.2) is 5.66 Å². The van der Waals surface area contributed by atoms with Crippen LogP contribution in [0.1, 0.15) is 19.4 Å². The van der Waals surface area contributed by atoms with E-state index in [-0.39, 0.29) is 11.6 Å². The molecule has 0 aliphatic heterocycles. The summed E-state index contributed by atoms with van der Waals surface area (Å²) in [4.78, 5) is 0. The van der Waals surface area contributed by atoms with Crippen molar-refractivity contribution < 1.29 is 8.78 Å². The second-order valence-corrected chi connectivity index (χ2v) is 10.6. The average Bonchev–Trinajstić information content (AvgIpc) is 2.60. The Morgan fingerprint density at radius 1 is 0.600 bits per heavy atom. The van der Waals surface area contributed by atoms with Crippen LogP contribution in [-0.2, 0) is 0 Å². The molecule has 0 heterocycles. The van der Waals surface area contributed by atoms with E-state index in [1.807, 2.05) is 24.3 Å². The van der Waals surface area contributed by atoms with E-state index in [4.69, 9.17) is 0 Å². The molecule has 0 radical (unpaired) electrons. The standard InChI is InChI=1S/C22H22F2P/c1-16(2)25(20-10-4-17(3)5-11-20,21-12-6-18(23)7-13-21)22-14-8-19(24)9-15-22/h4-16H,1-3H3/q+1. The maximum absolute atomic E-state index is 13.5. The van der Waals surface area contributed by atoms with Gasteiger partial charge in [-0.2, -0.15) is 0 Å². The average molecular weight is 355 g/mol. The van der Waals surface area contributed by atoms with Crippen molar-refractivity contribution in [3.8, 4) is 0 Å². The summed E-state index contributed by atoms with van der Waals surface area (Å²) in [5.74, 6) is -0.484. The number of aryl methyl sites for hydroxylation is 1. The SMILES string of the molecule is Cc1ccc([P+](c2ccc(F)cc2)(c2ccc(F)cc2)C(C)C)cc1. The zero-order valence-electron chi connectivity index (χ0n) is 14.7. The van der Waals surface area contributed by atoms with Gasteiger partial charge in [0.25, 0.3) is 0 Å². The topological polar surface area (TPSA) is 0 Å². The highest BCUT2D eigenvalue weighted by Crippen LogP contribution is 2.59. The van der Waals surface area contributed by atoms with Crippen LogP contribution in [0.25, 0.3) is 0 Å². The summed E-state index contributed by atoms with van der Waals surface area (Å²) in [6.07, 6.45) is 0. The van der Waals surface area contributed by atoms with Crippen molar-refractivity contribution in [1.82, 2.24) is 0 Å². The number of benzene rings is 3. The van der Waals surface area contributed by atoms with Gasteiger partial charge in [-0.1, -0.05) is 17.7 Å². The smallest absolute Gasteiger partial charge is 0.123 e. The van der Waals surface area contributed by atoms with Crippen molar-refractivity contribution in [3.05, 3.63) is 90.0 Å². The van der Waals surface area contributed by atoms with Crippen molar-refractivity contribution in [1.29, 1.82) is 0 Å². The predicted octanol–water partition coefficient (Wildman–Crippen LogP) is 4.98. The first-order valence-electron chi connectivity index (χ1n) is 8.43. The van der Waals surface area contributed by atoms with Crippen molar-refractivity contribution in [3.63, 3.8) is 0 Å². The highest BCUT2D eigenvalue weighted by molar-refractivity contribution is 7.96. The van der Waals surface area contributed by atoms with Gasteiger partial charge in [0, 0.05) is 0 Å². The van der Waals surface area contributed by atoms with Gasteiger partial charge in [0.2, 0.25) is 0 Å². The quantitative estimate of drug-likeness (QED) is 0.579. The Kier molecular flexibility index (Phi) is 5.01. The zero-order chi connectivity index (χ0) is 18.0. The van der Waals surface area contributed by atoms with E-state index in [0.29, 0.717) is 5.66 Å². The van der Waals surface area contributed by atoms with Gasteiger partial charge in [0.15, 0.2) is 0 Å². The summed E-state index contributed by atoms with van der Waals surface area (Å²) in [6.45, 7) is 6.45. The van der Waals surface area contributed by atoms with Gasteiger partial charge in [-0.3, -0.25) is 0 Å². The van der Waals surface area contributed by atoms with Gasteiger partial charge >= 0.3 is 0 Å². The molecule has 0 aromatic heterocycles. The van der Waals surface area contributed by atoms with E-state index < -0.39 is 7.26 Å². The lowest BCUT2D eigenvalue weighted by atomic mass is 10.2. The van der Waals surface area contributed by atoms with Gasteiger partial charge in [-0.15, -0.1) is 0 Å². The highest BCUT2D eigenvalue weighted by atomic mass is 31.2. The van der Waals surface area contributed by atoms with Crippen molar-refractivity contribution in [2.24, 2.45) is 0 Å². The molecule has 3 aromatic rings. The summed E-state index contributed by atoms with van der Waals surface area (Å²) in [6, 6.07) is 22.1. The van der Waals surface area contributed by atoms with Crippen LogP contribution in [0.2, 0.25) is 0 Å². The third kappa shape index (κ3) is 3.24. The molecule has 0 saturated carbocycles. The second kappa shape index (κ2) is 7.06. The summed E-state index contributed by atoms with van der Waals surface area (Å²) >= 11 is 0. The molecule has 3 heteroatoms. The molecule has 0 aliphatic carbocycles. The van der Waals surface area contributed by atoms with Gasteiger partial charge in [-0.05, 0) is 81.4 Å². The molecular formula is C22H22F2P+. The number of rotatable bonds is 4. The number of halogens is 2. The van der Waals surface area contributed by atoms with E-state index in [1.165, 1.54) is 35.1 Å². The van der Waals surface area contributed by atoms with Gasteiger partial charge < -0.3 is 0 Å². The van der Waals surface area contributed by atoms with Crippen LogP contribution >= 0.6 is 7.26 Å². The molecule has 25 heavy (non-hydrogen) atoms. The van der Waals surface area contributed by atoms with E-state index in [1.54, 1.807) is 0 Å². The Morgan fingerprint density at radius 3 is 1.24 bits per heavy atom. The largest absolute Gasteiger partial charge is 0.207 e. The Balaban J connectivity index is 2.33. The Morgan fingerprint density at radius 2 is 0.920 bits per heavy atom. The fraction of sp³-hybridized carbons (Fsp3) is 0.182. The number of hydrogen-bond acceptors (Lipinski definition) is 0. The Labute approximate surface area is 148 Å². The number of hydrogen-bond donors (Lipinski definition) is 0. The molecule has 0 bridgehead atoms. The van der Waals surface area contributed by atoms with Crippen LogP contribution < -0.4 is 15.9 Å². The minimum atomic E-state index is -2.02. The van der Waals surface area contributed by atoms with Crippen LogP contribution in [0.3, 0.4) is 0 Å². The summed E-state index contributed by atoms with van der Waals surface area (Å²) in [5, 5.41) is 3.45. The molecule has 3 aromatic carbocycles. The maximum Gasteiger partial charge on any atom is 0.123 e. The van der Waals surface area contributed by atoms with E-state index >= 15 is 0 Å². The molecule has 0 aliphatic rings. The molecule has 0 amide bonds. The molecule has 0 atom stereocenters. The van der Waals surface area contributed by atoms with Crippen LogP contribution in [0, 0.1) is 18.6 Å². The lowest BCUT2D eigenvalue weighted by Crippen LogP contribution is -2.36. The minimum absolute atomic E-state index is 0.242. The molecule has 0 nitrogen and oxygen atoms in total. The first kappa shape index (κ1) is 17.8. The van der Waals surface area contributed by atoms with E-state index in [9.17, 15) is 8.78 Å². The molecule has 0 N–H and O–H groups in total. The van der Waals surface area contributed by atoms with Crippen molar-refractivity contribution >= 4 is 23.2 Å². The summed E-state index contributed by atoms with van der Waals surface area (Å²) < 4.78 is 27.1. The van der Waals surface area contributed by atoms with Crippen LogP contribution in [0.5, 0.6) is 0 Å². The Hall–Kier alpha value is -2.05. The highest BCUT2D eigenvalue weighted by Gasteiger charge is 2.48. The molecule has 0 unspecified atom stereocenters. The normalized spacial score (nSPS) is 11.8. The van der Waals surface area contributed by atoms with Crippen molar-refractivity contribution in [2.45, 2.75) is 26.4 Å². The van der Waals surface area contributed by atoms with E-state index in [2.05, 4.69) is 45.0 Å².